The van der Waals surface area contributed by atoms with Crippen molar-refractivity contribution < 1.29 is 4.84 Å². The highest BCUT2D eigenvalue weighted by Crippen LogP contribution is 2.24. The third-order valence-corrected chi connectivity index (χ3v) is 2.29. The summed E-state index contributed by atoms with van der Waals surface area (Å²) in [6.07, 6.45) is 1.72. The molecule has 80 valence electrons. The molecule has 1 atom stereocenters. The third-order valence-electron chi connectivity index (χ3n) is 2.29. The van der Waals surface area contributed by atoms with Crippen LogP contribution in [0, 0.1) is 0 Å². The summed E-state index contributed by atoms with van der Waals surface area (Å²) in [6, 6.07) is 8.30. The quantitative estimate of drug-likeness (QED) is 0.394. The molecule has 1 unspecified atom stereocenters. The first-order valence-electron chi connectivity index (χ1n) is 4.98. The van der Waals surface area contributed by atoms with Crippen molar-refractivity contribution in [2.75, 3.05) is 18.6 Å². The van der Waals surface area contributed by atoms with Gasteiger partial charge in [0, 0.05) is 6.54 Å². The smallest absolute Gasteiger partial charge is 0.0861 e. The molecule has 15 heavy (non-hydrogen) atoms. The topological polar surface area (TPSA) is 45.3 Å². The van der Waals surface area contributed by atoms with E-state index in [1.165, 1.54) is 5.56 Å². The van der Waals surface area contributed by atoms with Crippen LogP contribution in [0.2, 0.25) is 0 Å². The molecule has 0 aromatic heterocycles. The highest BCUT2D eigenvalue weighted by Gasteiger charge is 2.18. The van der Waals surface area contributed by atoms with Gasteiger partial charge < -0.3 is 5.43 Å². The fraction of sp³-hybridized carbons (Fsp3) is 0.273. The van der Waals surface area contributed by atoms with E-state index in [9.17, 15) is 0 Å². The van der Waals surface area contributed by atoms with Crippen molar-refractivity contribution in [1.82, 2.24) is 10.9 Å². The van der Waals surface area contributed by atoms with E-state index in [1.807, 2.05) is 18.2 Å². The number of rotatable bonds is 4. The first-order chi connectivity index (χ1) is 7.42. The maximum Gasteiger partial charge on any atom is 0.0861 e. The van der Waals surface area contributed by atoms with Crippen molar-refractivity contribution in [3.05, 3.63) is 42.5 Å². The van der Waals surface area contributed by atoms with Gasteiger partial charge in [0.1, 0.15) is 0 Å². The number of hydrazine groups is 1. The Labute approximate surface area is 89.2 Å². The molecule has 1 aromatic carbocycles. The van der Waals surface area contributed by atoms with E-state index in [2.05, 4.69) is 29.0 Å². The summed E-state index contributed by atoms with van der Waals surface area (Å²) in [6.45, 7) is 4.89. The standard InChI is InChI=1S/C11H15N3O/c1-2-7-15-14-11-8-12-13-10-6-4-3-5-9(10)11/h2-6,11-14H,1,7-8H2. The van der Waals surface area contributed by atoms with E-state index in [0.29, 0.717) is 6.61 Å². The molecule has 0 saturated carbocycles. The minimum Gasteiger partial charge on any atom is -0.321 e. The van der Waals surface area contributed by atoms with E-state index in [-0.39, 0.29) is 6.04 Å². The molecule has 0 radical (unpaired) electrons. The van der Waals surface area contributed by atoms with Gasteiger partial charge in [0.25, 0.3) is 0 Å². The summed E-state index contributed by atoms with van der Waals surface area (Å²) in [4.78, 5) is 5.24. The van der Waals surface area contributed by atoms with E-state index < -0.39 is 0 Å². The lowest BCUT2D eigenvalue weighted by Gasteiger charge is -2.27. The van der Waals surface area contributed by atoms with Gasteiger partial charge in [-0.2, -0.15) is 5.48 Å². The van der Waals surface area contributed by atoms with Crippen molar-refractivity contribution in [3.63, 3.8) is 0 Å². The summed E-state index contributed by atoms with van der Waals surface area (Å²) >= 11 is 0. The Kier molecular flexibility index (Phi) is 3.34. The lowest BCUT2D eigenvalue weighted by Crippen LogP contribution is -2.39. The molecule has 1 heterocycles. The van der Waals surface area contributed by atoms with Crippen LogP contribution in [0.5, 0.6) is 0 Å². The monoisotopic (exact) mass is 205 g/mol. The van der Waals surface area contributed by atoms with Crippen LogP contribution in [-0.2, 0) is 4.84 Å². The molecule has 3 N–H and O–H groups in total. The van der Waals surface area contributed by atoms with Crippen LogP contribution in [0.1, 0.15) is 11.6 Å². The Bertz CT molecular complexity index is 340. The van der Waals surface area contributed by atoms with Crippen LogP contribution in [0.25, 0.3) is 0 Å². The van der Waals surface area contributed by atoms with Crippen LogP contribution in [0.3, 0.4) is 0 Å². The minimum atomic E-state index is 0.169. The van der Waals surface area contributed by atoms with Gasteiger partial charge in [0.2, 0.25) is 0 Å². The molecule has 4 heteroatoms. The molecular weight excluding hydrogens is 190 g/mol. The predicted octanol–water partition coefficient (Wildman–Crippen LogP) is 1.36. The second-order valence-corrected chi connectivity index (χ2v) is 3.36. The Hall–Kier alpha value is -1.36. The minimum absolute atomic E-state index is 0.169. The Morgan fingerprint density at radius 2 is 2.40 bits per heavy atom. The van der Waals surface area contributed by atoms with Gasteiger partial charge in [0.05, 0.1) is 18.3 Å². The third kappa shape index (κ3) is 2.36. The zero-order valence-corrected chi connectivity index (χ0v) is 8.49. The highest BCUT2D eigenvalue weighted by molar-refractivity contribution is 5.53. The lowest BCUT2D eigenvalue weighted by atomic mass is 10.0. The fourth-order valence-electron chi connectivity index (χ4n) is 1.59. The average molecular weight is 205 g/mol. The van der Waals surface area contributed by atoms with E-state index >= 15 is 0 Å². The van der Waals surface area contributed by atoms with Gasteiger partial charge in [-0.1, -0.05) is 24.3 Å². The van der Waals surface area contributed by atoms with Crippen LogP contribution in [0.4, 0.5) is 5.69 Å². The van der Waals surface area contributed by atoms with Crippen LogP contribution in [-0.4, -0.2) is 13.2 Å². The Balaban J connectivity index is 2.05. The molecule has 1 aliphatic heterocycles. The van der Waals surface area contributed by atoms with Gasteiger partial charge in [-0.05, 0) is 11.6 Å². The summed E-state index contributed by atoms with van der Waals surface area (Å²) in [5.74, 6) is 0. The molecule has 0 amide bonds. The molecule has 2 rings (SSSR count). The number of benzene rings is 1. The van der Waals surface area contributed by atoms with Gasteiger partial charge in [-0.25, -0.2) is 5.43 Å². The van der Waals surface area contributed by atoms with Gasteiger partial charge in [0.15, 0.2) is 0 Å². The van der Waals surface area contributed by atoms with E-state index in [4.69, 9.17) is 4.84 Å². The first-order valence-corrected chi connectivity index (χ1v) is 4.98. The second kappa shape index (κ2) is 4.93. The van der Waals surface area contributed by atoms with Gasteiger partial charge >= 0.3 is 0 Å². The average Bonchev–Trinajstić information content (AvgIpc) is 2.30. The SMILES string of the molecule is C=CCONC1CNNc2ccccc21. The van der Waals surface area contributed by atoms with E-state index in [0.717, 1.165) is 12.2 Å². The summed E-state index contributed by atoms with van der Waals surface area (Å²) in [5, 5.41) is 0. The number of hydrogen-bond donors (Lipinski definition) is 3. The normalized spacial score (nSPS) is 19.1. The number of para-hydroxylation sites is 1. The van der Waals surface area contributed by atoms with Gasteiger partial charge in [-0.15, -0.1) is 6.58 Å². The van der Waals surface area contributed by atoms with Crippen LogP contribution >= 0.6 is 0 Å². The summed E-state index contributed by atoms with van der Waals surface area (Å²) in [7, 11) is 0. The molecule has 4 nitrogen and oxygen atoms in total. The van der Waals surface area contributed by atoms with Gasteiger partial charge in [-0.3, -0.25) is 4.84 Å². The van der Waals surface area contributed by atoms with Crippen LogP contribution in [0.15, 0.2) is 36.9 Å². The number of anilines is 1. The second-order valence-electron chi connectivity index (χ2n) is 3.36. The van der Waals surface area contributed by atoms with Crippen molar-refractivity contribution >= 4 is 5.69 Å². The molecule has 1 aromatic rings. The molecule has 0 bridgehead atoms. The van der Waals surface area contributed by atoms with Crippen molar-refractivity contribution in [2.24, 2.45) is 0 Å². The van der Waals surface area contributed by atoms with Crippen molar-refractivity contribution in [1.29, 1.82) is 0 Å². The Morgan fingerprint density at radius 1 is 1.53 bits per heavy atom. The number of nitrogens with one attached hydrogen (secondary N) is 3. The van der Waals surface area contributed by atoms with Crippen molar-refractivity contribution in [2.45, 2.75) is 6.04 Å². The maximum atomic E-state index is 5.24. The fourth-order valence-corrected chi connectivity index (χ4v) is 1.59. The molecular formula is C11H15N3O. The van der Waals surface area contributed by atoms with Crippen LogP contribution < -0.4 is 16.3 Å². The number of fused-ring (bicyclic) bond motifs is 1. The summed E-state index contributed by atoms with van der Waals surface area (Å²) < 4.78 is 0. The molecule has 0 aliphatic carbocycles. The largest absolute Gasteiger partial charge is 0.321 e. The molecule has 0 saturated heterocycles. The van der Waals surface area contributed by atoms with Crippen molar-refractivity contribution in [3.8, 4) is 0 Å². The Morgan fingerprint density at radius 3 is 3.27 bits per heavy atom. The summed E-state index contributed by atoms with van der Waals surface area (Å²) in [5.41, 5.74) is 11.5. The maximum absolute atomic E-state index is 5.24. The lowest BCUT2D eigenvalue weighted by molar-refractivity contribution is 0.0340. The number of hydrogen-bond acceptors (Lipinski definition) is 4. The molecule has 0 fully saturated rings. The highest BCUT2D eigenvalue weighted by atomic mass is 16.6. The molecule has 1 aliphatic rings. The number of hydroxylamine groups is 1. The zero-order chi connectivity index (χ0) is 10.5. The molecule has 0 spiro atoms. The zero-order valence-electron chi connectivity index (χ0n) is 8.49. The first kappa shape index (κ1) is 10.2. The predicted molar refractivity (Wildman–Crippen MR) is 60.1 cm³/mol. The van der Waals surface area contributed by atoms with E-state index in [1.54, 1.807) is 6.08 Å².